The van der Waals surface area contributed by atoms with E-state index in [1.54, 1.807) is 0 Å². The lowest BCUT2D eigenvalue weighted by atomic mass is 9.81. The molecule has 5 heteroatoms. The highest BCUT2D eigenvalue weighted by atomic mass is 16.5. The molecule has 57 heavy (non-hydrogen) atoms. The van der Waals surface area contributed by atoms with E-state index in [1.165, 1.54) is 44.5 Å². The molecule has 0 saturated carbocycles. The van der Waals surface area contributed by atoms with Crippen molar-refractivity contribution >= 4 is 33.2 Å². The van der Waals surface area contributed by atoms with Gasteiger partial charge in [0.2, 0.25) is 0 Å². The van der Waals surface area contributed by atoms with Crippen molar-refractivity contribution in [2.24, 2.45) is 10.8 Å². The zero-order valence-electron chi connectivity index (χ0n) is 37.2. The van der Waals surface area contributed by atoms with Crippen molar-refractivity contribution in [1.82, 2.24) is 9.55 Å². The van der Waals surface area contributed by atoms with Crippen LogP contribution in [0.2, 0.25) is 0 Å². The Bertz CT molecular complexity index is 2480. The first-order chi connectivity index (χ1) is 26.4. The largest absolute Gasteiger partial charge is 0.457 e. The normalized spacial score (nSPS) is 14.7. The molecular formula is C52H64N4O. The first-order valence-corrected chi connectivity index (χ1v) is 20.7. The summed E-state index contributed by atoms with van der Waals surface area (Å²) in [6, 6.07) is 35.5. The van der Waals surface area contributed by atoms with Gasteiger partial charge in [-0.2, -0.15) is 0 Å². The minimum atomic E-state index is -0.127. The molecule has 0 bridgehead atoms. The zero-order chi connectivity index (χ0) is 41.5. The molecule has 0 aliphatic carbocycles. The van der Waals surface area contributed by atoms with Crippen molar-refractivity contribution in [1.29, 1.82) is 0 Å². The molecule has 0 N–H and O–H groups in total. The number of benzene rings is 4. The van der Waals surface area contributed by atoms with Gasteiger partial charge in [0.25, 0.3) is 0 Å². The maximum atomic E-state index is 6.97. The number of nitrogens with zero attached hydrogens (tertiary/aromatic N) is 4. The van der Waals surface area contributed by atoms with Crippen LogP contribution in [0.25, 0.3) is 27.6 Å². The number of para-hydroxylation sites is 1. The Labute approximate surface area is 342 Å². The number of fused-ring (bicyclic) bond motifs is 3. The van der Waals surface area contributed by atoms with Gasteiger partial charge in [-0.1, -0.05) is 134 Å². The van der Waals surface area contributed by atoms with Crippen LogP contribution in [-0.4, -0.2) is 16.2 Å². The third-order valence-electron chi connectivity index (χ3n) is 11.3. The van der Waals surface area contributed by atoms with Gasteiger partial charge in [0.1, 0.15) is 17.3 Å². The van der Waals surface area contributed by atoms with E-state index in [1.807, 2.05) is 6.20 Å². The van der Waals surface area contributed by atoms with Crippen molar-refractivity contribution in [2.75, 3.05) is 16.5 Å². The molecule has 7 rings (SSSR count). The summed E-state index contributed by atoms with van der Waals surface area (Å²) in [5.41, 5.74) is 10.8. The van der Waals surface area contributed by atoms with Crippen molar-refractivity contribution in [3.8, 4) is 17.3 Å². The topological polar surface area (TPSA) is 33.5 Å². The molecule has 5 nitrogen and oxygen atoms in total. The van der Waals surface area contributed by atoms with E-state index < -0.39 is 0 Å². The molecule has 2 aromatic heterocycles. The standard InChI is InChI=1S/C52H64N4O/c1-48(2,3)34-20-22-37(23-21-34)54-33-55(47(52(13,14)15)46(54)51(10,11)12)38-28-36(50(7,8)9)29-40(31-38)57-39-24-25-42-41-18-16-17-19-43(41)56(44(42)32-39)45-30-35(26-27-53-45)49(4,5)6/h16-32H,33H2,1-15H3. The summed E-state index contributed by atoms with van der Waals surface area (Å²) in [6.07, 6.45) is 1.93. The highest BCUT2D eigenvalue weighted by molar-refractivity contribution is 6.09. The van der Waals surface area contributed by atoms with Crippen LogP contribution in [0, 0.1) is 10.8 Å². The summed E-state index contributed by atoms with van der Waals surface area (Å²) in [5.74, 6) is 2.52. The van der Waals surface area contributed by atoms with E-state index in [-0.39, 0.29) is 27.1 Å². The van der Waals surface area contributed by atoms with E-state index in [2.05, 4.69) is 215 Å². The summed E-state index contributed by atoms with van der Waals surface area (Å²) in [5, 5.41) is 2.37. The number of hydrogen-bond donors (Lipinski definition) is 0. The lowest BCUT2D eigenvalue weighted by Crippen LogP contribution is -2.31. The minimum Gasteiger partial charge on any atom is -0.457 e. The van der Waals surface area contributed by atoms with Crippen LogP contribution in [0.15, 0.2) is 115 Å². The lowest BCUT2D eigenvalue weighted by molar-refractivity contribution is 0.444. The smallest absolute Gasteiger partial charge is 0.137 e. The van der Waals surface area contributed by atoms with Gasteiger partial charge in [0.15, 0.2) is 0 Å². The summed E-state index contributed by atoms with van der Waals surface area (Å²) in [7, 11) is 0. The molecule has 1 aliphatic heterocycles. The van der Waals surface area contributed by atoms with Crippen molar-refractivity contribution < 1.29 is 4.74 Å². The Morgan fingerprint density at radius 3 is 1.63 bits per heavy atom. The van der Waals surface area contributed by atoms with E-state index in [0.29, 0.717) is 6.67 Å². The second-order valence-corrected chi connectivity index (χ2v) is 21.2. The summed E-state index contributed by atoms with van der Waals surface area (Å²) in [4.78, 5) is 9.98. The van der Waals surface area contributed by atoms with E-state index in [0.717, 1.165) is 34.0 Å². The molecule has 4 aromatic carbocycles. The number of hydrogen-bond acceptors (Lipinski definition) is 4. The third kappa shape index (κ3) is 7.83. The van der Waals surface area contributed by atoms with Crippen LogP contribution in [0.1, 0.15) is 121 Å². The van der Waals surface area contributed by atoms with Crippen LogP contribution < -0.4 is 14.5 Å². The number of rotatable bonds is 5. The molecular weight excluding hydrogens is 697 g/mol. The van der Waals surface area contributed by atoms with Gasteiger partial charge in [0.05, 0.1) is 17.7 Å². The summed E-state index contributed by atoms with van der Waals surface area (Å²) in [6.45, 7) is 35.2. The first kappa shape index (κ1) is 40.2. The Hall–Kier alpha value is -5.03. The average molecular weight is 761 g/mol. The van der Waals surface area contributed by atoms with Crippen molar-refractivity contribution in [3.05, 3.63) is 131 Å². The molecule has 1 aliphatic rings. The summed E-state index contributed by atoms with van der Waals surface area (Å²) >= 11 is 0. The highest BCUT2D eigenvalue weighted by Gasteiger charge is 2.42. The van der Waals surface area contributed by atoms with Crippen molar-refractivity contribution in [3.63, 3.8) is 0 Å². The van der Waals surface area contributed by atoms with Gasteiger partial charge >= 0.3 is 0 Å². The first-order valence-electron chi connectivity index (χ1n) is 20.7. The minimum absolute atomic E-state index is 0.000551. The number of allylic oxidation sites excluding steroid dienone is 2. The van der Waals surface area contributed by atoms with Gasteiger partial charge in [-0.25, -0.2) is 4.98 Å². The zero-order valence-corrected chi connectivity index (χ0v) is 37.2. The SMILES string of the molecule is CC(C)(C)C1=C(C(C)(C)C)N(c2cc(Oc3ccc4c5ccccc5n(-c5cc(C(C)(C)C)ccn5)c4c3)cc(C(C)(C)C)c2)CN1c1ccc(C(C)(C)C)cc1. The quantitative estimate of drug-likeness (QED) is 0.175. The van der Waals surface area contributed by atoms with Crippen LogP contribution in [0.5, 0.6) is 11.5 Å². The lowest BCUT2D eigenvalue weighted by Gasteiger charge is -2.34. The maximum Gasteiger partial charge on any atom is 0.137 e. The predicted octanol–water partition coefficient (Wildman–Crippen LogP) is 14.5. The Kier molecular flexibility index (Phi) is 9.74. The molecule has 3 heterocycles. The maximum absolute atomic E-state index is 6.97. The van der Waals surface area contributed by atoms with Crippen LogP contribution in [-0.2, 0) is 16.2 Å². The summed E-state index contributed by atoms with van der Waals surface area (Å²) < 4.78 is 9.25. The molecule has 6 aromatic rings. The predicted molar refractivity (Wildman–Crippen MR) is 243 cm³/mol. The van der Waals surface area contributed by atoms with Gasteiger partial charge in [0, 0.05) is 62.7 Å². The van der Waals surface area contributed by atoms with Crippen LogP contribution in [0.4, 0.5) is 11.4 Å². The fourth-order valence-corrected chi connectivity index (χ4v) is 8.26. The van der Waals surface area contributed by atoms with E-state index in [4.69, 9.17) is 9.72 Å². The molecule has 0 atom stereocenters. The Morgan fingerprint density at radius 1 is 0.456 bits per heavy atom. The monoisotopic (exact) mass is 761 g/mol. The Morgan fingerprint density at radius 2 is 1.04 bits per heavy atom. The van der Waals surface area contributed by atoms with Crippen molar-refractivity contribution in [2.45, 2.75) is 120 Å². The molecule has 298 valence electrons. The Balaban J connectivity index is 1.36. The van der Waals surface area contributed by atoms with Gasteiger partial charge in [-0.3, -0.25) is 4.57 Å². The van der Waals surface area contributed by atoms with Gasteiger partial charge < -0.3 is 14.5 Å². The highest BCUT2D eigenvalue weighted by Crippen LogP contribution is 2.49. The fraction of sp³-hybridized carbons (Fsp3) is 0.404. The van der Waals surface area contributed by atoms with Gasteiger partial charge in [-0.05, 0) is 87.5 Å². The van der Waals surface area contributed by atoms with E-state index >= 15 is 0 Å². The van der Waals surface area contributed by atoms with Crippen LogP contribution in [0.3, 0.4) is 0 Å². The third-order valence-corrected chi connectivity index (χ3v) is 11.3. The van der Waals surface area contributed by atoms with Gasteiger partial charge in [-0.15, -0.1) is 0 Å². The van der Waals surface area contributed by atoms with E-state index in [9.17, 15) is 0 Å². The second-order valence-electron chi connectivity index (χ2n) is 21.2. The number of anilines is 2. The molecule has 0 fully saturated rings. The molecule has 0 unspecified atom stereocenters. The molecule has 0 radical (unpaired) electrons. The molecule has 0 spiro atoms. The number of pyridine rings is 1. The fourth-order valence-electron chi connectivity index (χ4n) is 8.26. The number of ether oxygens (including phenoxy) is 1. The average Bonchev–Trinajstić information content (AvgIpc) is 3.68. The molecule has 0 amide bonds. The van der Waals surface area contributed by atoms with Crippen LogP contribution >= 0.6 is 0 Å². The molecule has 0 saturated heterocycles. The second kappa shape index (κ2) is 13.8. The number of aromatic nitrogens is 2.